The van der Waals surface area contributed by atoms with Crippen molar-refractivity contribution in [3.8, 4) is 0 Å². The molecule has 94 valence electrons. The number of hydrogen-bond acceptors (Lipinski definition) is 4. The zero-order chi connectivity index (χ0) is 12.4. The van der Waals surface area contributed by atoms with Crippen molar-refractivity contribution in [1.82, 2.24) is 14.7 Å². The number of amides is 1. The Kier molecular flexibility index (Phi) is 3.30. The van der Waals surface area contributed by atoms with Crippen molar-refractivity contribution in [3.63, 3.8) is 0 Å². The van der Waals surface area contributed by atoms with E-state index < -0.39 is 0 Å². The number of nitrogens with zero attached hydrogens (tertiary/aromatic N) is 2. The van der Waals surface area contributed by atoms with Gasteiger partial charge in [-0.05, 0) is 0 Å². The molecule has 1 aliphatic heterocycles. The lowest BCUT2D eigenvalue weighted by molar-refractivity contribution is -0.121. The number of hydrogen-bond donors (Lipinski definition) is 2. The Morgan fingerprint density at radius 3 is 3.06 bits per heavy atom. The number of aromatic nitrogens is 2. The Balaban J connectivity index is 2.06. The molecule has 7 heteroatoms. The second-order valence-corrected chi connectivity index (χ2v) is 4.17. The highest BCUT2D eigenvalue weighted by molar-refractivity contribution is 5.75. The lowest BCUT2D eigenvalue weighted by Gasteiger charge is -2.31. The molecule has 1 aliphatic rings. The van der Waals surface area contributed by atoms with Gasteiger partial charge in [-0.2, -0.15) is 0 Å². The topological polar surface area (TPSA) is 93.4 Å². The van der Waals surface area contributed by atoms with Crippen LogP contribution in [-0.4, -0.2) is 46.8 Å². The zero-order valence-electron chi connectivity index (χ0n) is 9.68. The fourth-order valence-electron chi connectivity index (χ4n) is 1.93. The molecule has 2 rings (SSSR count). The second kappa shape index (κ2) is 4.72. The molecular weight excluding hydrogens is 224 g/mol. The van der Waals surface area contributed by atoms with Crippen molar-refractivity contribution in [2.75, 3.05) is 26.2 Å². The maximum Gasteiger partial charge on any atom is 0.266 e. The minimum absolute atomic E-state index is 0.101. The molecule has 1 atom stereocenters. The normalized spacial score (nSPS) is 21.6. The van der Waals surface area contributed by atoms with E-state index in [-0.39, 0.29) is 24.1 Å². The fraction of sp³-hybridized carbons (Fsp3) is 0.600. The monoisotopic (exact) mass is 240 g/mol. The maximum atomic E-state index is 11.3. The summed E-state index contributed by atoms with van der Waals surface area (Å²) in [6.07, 6.45) is -0.211. The Hall–Kier alpha value is -1.60. The average Bonchev–Trinajstić information content (AvgIpc) is 2.59. The van der Waals surface area contributed by atoms with Gasteiger partial charge in [0.1, 0.15) is 6.10 Å². The van der Waals surface area contributed by atoms with E-state index in [1.807, 2.05) is 4.90 Å². The molecule has 0 bridgehead atoms. The van der Waals surface area contributed by atoms with Gasteiger partial charge in [0.2, 0.25) is 5.91 Å². The molecule has 7 nitrogen and oxygen atoms in total. The van der Waals surface area contributed by atoms with Gasteiger partial charge in [-0.3, -0.25) is 24.3 Å². The minimum Gasteiger partial charge on any atom is -0.369 e. The zero-order valence-corrected chi connectivity index (χ0v) is 9.68. The highest BCUT2D eigenvalue weighted by atomic mass is 16.5. The number of rotatable bonds is 3. The standard InChI is InChI=1S/C10H16N4O3/c1-13-10(16)4-7(12-13)8-5-14(2-3-17-8)6-9(11)15/h4,8,12H,2-3,5-6H2,1H3,(H2,11,15)/t8-/m0/s1. The van der Waals surface area contributed by atoms with Gasteiger partial charge in [-0.1, -0.05) is 0 Å². The van der Waals surface area contributed by atoms with Gasteiger partial charge in [0.05, 0.1) is 18.8 Å². The molecular formula is C10H16N4O3. The first-order chi connectivity index (χ1) is 8.06. The first kappa shape index (κ1) is 11.9. The van der Waals surface area contributed by atoms with Crippen LogP contribution in [0, 0.1) is 0 Å². The Morgan fingerprint density at radius 1 is 1.71 bits per heavy atom. The first-order valence-electron chi connectivity index (χ1n) is 5.44. The van der Waals surface area contributed by atoms with Crippen LogP contribution in [0.5, 0.6) is 0 Å². The smallest absolute Gasteiger partial charge is 0.266 e. The van der Waals surface area contributed by atoms with E-state index >= 15 is 0 Å². The van der Waals surface area contributed by atoms with Crippen molar-refractivity contribution in [1.29, 1.82) is 0 Å². The van der Waals surface area contributed by atoms with Crippen LogP contribution in [0.15, 0.2) is 10.9 Å². The molecule has 17 heavy (non-hydrogen) atoms. The average molecular weight is 240 g/mol. The van der Waals surface area contributed by atoms with Crippen molar-refractivity contribution in [2.24, 2.45) is 12.8 Å². The van der Waals surface area contributed by atoms with Crippen LogP contribution < -0.4 is 11.3 Å². The number of nitrogens with two attached hydrogens (primary N) is 1. The van der Waals surface area contributed by atoms with Crippen LogP contribution in [0.3, 0.4) is 0 Å². The summed E-state index contributed by atoms with van der Waals surface area (Å²) >= 11 is 0. The van der Waals surface area contributed by atoms with E-state index in [1.54, 1.807) is 7.05 Å². The first-order valence-corrected chi connectivity index (χ1v) is 5.44. The molecule has 0 aliphatic carbocycles. The molecule has 1 aromatic rings. The van der Waals surface area contributed by atoms with Crippen molar-refractivity contribution < 1.29 is 9.53 Å². The summed E-state index contributed by atoms with van der Waals surface area (Å²) in [6.45, 7) is 1.98. The van der Waals surface area contributed by atoms with Crippen molar-refractivity contribution >= 4 is 5.91 Å². The third-order valence-electron chi connectivity index (χ3n) is 2.78. The predicted molar refractivity (Wildman–Crippen MR) is 60.4 cm³/mol. The molecule has 3 N–H and O–H groups in total. The third-order valence-corrected chi connectivity index (χ3v) is 2.78. The van der Waals surface area contributed by atoms with E-state index in [0.29, 0.717) is 19.7 Å². The summed E-state index contributed by atoms with van der Waals surface area (Å²) in [7, 11) is 1.65. The minimum atomic E-state index is -0.354. The number of primary amides is 1. The third kappa shape index (κ3) is 2.75. The highest BCUT2D eigenvalue weighted by Gasteiger charge is 2.24. The molecule has 0 spiro atoms. The van der Waals surface area contributed by atoms with Crippen molar-refractivity contribution in [3.05, 3.63) is 22.1 Å². The number of aromatic amines is 1. The summed E-state index contributed by atoms with van der Waals surface area (Å²) in [5, 5.41) is 2.92. The number of ether oxygens (including phenoxy) is 1. The van der Waals surface area contributed by atoms with Crippen LogP contribution in [-0.2, 0) is 16.6 Å². The molecule has 1 saturated heterocycles. The molecule has 0 aromatic carbocycles. The van der Waals surface area contributed by atoms with Crippen molar-refractivity contribution in [2.45, 2.75) is 6.10 Å². The van der Waals surface area contributed by atoms with Crippen LogP contribution in [0.25, 0.3) is 0 Å². The summed E-state index contributed by atoms with van der Waals surface area (Å²) in [5.74, 6) is -0.354. The van der Waals surface area contributed by atoms with Gasteiger partial charge in [-0.15, -0.1) is 0 Å². The number of carbonyl (C=O) groups is 1. The van der Waals surface area contributed by atoms with Crippen LogP contribution in [0.1, 0.15) is 11.8 Å². The summed E-state index contributed by atoms with van der Waals surface area (Å²) in [5.41, 5.74) is 5.78. The van der Waals surface area contributed by atoms with Gasteiger partial charge in [0.15, 0.2) is 0 Å². The lowest BCUT2D eigenvalue weighted by atomic mass is 10.2. The highest BCUT2D eigenvalue weighted by Crippen LogP contribution is 2.18. The summed E-state index contributed by atoms with van der Waals surface area (Å²) < 4.78 is 6.96. The van der Waals surface area contributed by atoms with Crippen LogP contribution >= 0.6 is 0 Å². The molecule has 0 radical (unpaired) electrons. The van der Waals surface area contributed by atoms with Crippen LogP contribution in [0.2, 0.25) is 0 Å². The van der Waals surface area contributed by atoms with Gasteiger partial charge in [-0.25, -0.2) is 0 Å². The lowest BCUT2D eigenvalue weighted by Crippen LogP contribution is -2.43. The second-order valence-electron chi connectivity index (χ2n) is 4.17. The predicted octanol–water partition coefficient (Wildman–Crippen LogP) is -1.43. The SMILES string of the molecule is Cn1[nH]c([C@@H]2CN(CC(N)=O)CCO2)cc1=O. The molecule has 1 amide bonds. The molecule has 0 saturated carbocycles. The number of nitrogens with one attached hydrogen (secondary N) is 1. The van der Waals surface area contributed by atoms with Gasteiger partial charge in [0.25, 0.3) is 5.56 Å². The quantitative estimate of drug-likeness (QED) is 0.677. The Bertz CT molecular complexity index is 464. The van der Waals surface area contributed by atoms with E-state index in [2.05, 4.69) is 5.10 Å². The number of H-pyrrole nitrogens is 1. The molecule has 2 heterocycles. The number of morpholine rings is 1. The van der Waals surface area contributed by atoms with E-state index in [9.17, 15) is 9.59 Å². The van der Waals surface area contributed by atoms with Gasteiger partial charge < -0.3 is 10.5 Å². The maximum absolute atomic E-state index is 11.3. The van der Waals surface area contributed by atoms with Crippen LogP contribution in [0.4, 0.5) is 0 Å². The molecule has 1 fully saturated rings. The summed E-state index contributed by atoms with van der Waals surface area (Å²) in [4.78, 5) is 24.1. The Labute approximate surface area is 98.1 Å². The van der Waals surface area contributed by atoms with E-state index in [4.69, 9.17) is 10.5 Å². The van der Waals surface area contributed by atoms with Gasteiger partial charge >= 0.3 is 0 Å². The largest absolute Gasteiger partial charge is 0.369 e. The summed E-state index contributed by atoms with van der Waals surface area (Å²) in [6, 6.07) is 1.51. The Morgan fingerprint density at radius 2 is 2.47 bits per heavy atom. The number of carbonyl (C=O) groups excluding carboxylic acids is 1. The van der Waals surface area contributed by atoms with E-state index in [1.165, 1.54) is 10.7 Å². The molecule has 0 unspecified atom stereocenters. The fourth-order valence-corrected chi connectivity index (χ4v) is 1.93. The molecule has 1 aromatic heterocycles. The van der Waals surface area contributed by atoms with E-state index in [0.717, 1.165) is 5.69 Å². The number of aryl methyl sites for hydroxylation is 1. The van der Waals surface area contributed by atoms with Gasteiger partial charge in [0, 0.05) is 26.2 Å².